The molecule has 0 heterocycles. The molecule has 5 heteroatoms. The molecule has 1 amide bonds. The molecule has 1 unspecified atom stereocenters. The Kier molecular flexibility index (Phi) is 7.61. The molecule has 0 aliphatic rings. The zero-order valence-electron chi connectivity index (χ0n) is 16.2. The van der Waals surface area contributed by atoms with Crippen LogP contribution in [0.4, 0.5) is 4.79 Å². The van der Waals surface area contributed by atoms with E-state index >= 15 is 0 Å². The summed E-state index contributed by atoms with van der Waals surface area (Å²) in [4.78, 5) is 24.4. The van der Waals surface area contributed by atoms with Gasteiger partial charge in [-0.2, -0.15) is 0 Å². The summed E-state index contributed by atoms with van der Waals surface area (Å²) < 4.78 is 10.9. The third-order valence-electron chi connectivity index (χ3n) is 3.56. The quantitative estimate of drug-likeness (QED) is 0.767. The fourth-order valence-corrected chi connectivity index (χ4v) is 2.21. The summed E-state index contributed by atoms with van der Waals surface area (Å²) in [5, 5.41) is 2.65. The summed E-state index contributed by atoms with van der Waals surface area (Å²) in [5.74, 6) is 0.0186. The van der Waals surface area contributed by atoms with Crippen LogP contribution < -0.4 is 5.32 Å². The highest BCUT2D eigenvalue weighted by molar-refractivity contribution is 5.91. The van der Waals surface area contributed by atoms with Crippen molar-refractivity contribution in [1.29, 1.82) is 0 Å². The second-order valence-electron chi connectivity index (χ2n) is 7.99. The average molecular weight is 349 g/mol. The van der Waals surface area contributed by atoms with Crippen molar-refractivity contribution < 1.29 is 19.1 Å². The first kappa shape index (κ1) is 21.2. The first-order chi connectivity index (χ1) is 11.5. The molecule has 0 saturated carbocycles. The summed E-state index contributed by atoms with van der Waals surface area (Å²) in [7, 11) is 0. The summed E-state index contributed by atoms with van der Waals surface area (Å²) in [6.07, 6.45) is -0.253. The molecule has 0 spiro atoms. The Balaban J connectivity index is 2.40. The Morgan fingerprint density at radius 1 is 1.08 bits per heavy atom. The number of ketones is 1. The predicted molar refractivity (Wildman–Crippen MR) is 98.3 cm³/mol. The molecule has 0 saturated heterocycles. The highest BCUT2D eigenvalue weighted by atomic mass is 16.6. The number of hydrogen-bond donors (Lipinski definition) is 1. The maximum absolute atomic E-state index is 12.5. The normalized spacial score (nSPS) is 13.2. The number of benzene rings is 1. The number of alkyl carbamates (subject to hydrolysis) is 1. The molecule has 140 valence electrons. The van der Waals surface area contributed by atoms with Crippen LogP contribution in [-0.4, -0.2) is 29.6 Å². The largest absolute Gasteiger partial charge is 0.444 e. The lowest BCUT2D eigenvalue weighted by atomic mass is 9.92. The van der Waals surface area contributed by atoms with Crippen LogP contribution in [0.1, 0.15) is 53.5 Å². The van der Waals surface area contributed by atoms with Gasteiger partial charge in [-0.1, -0.05) is 37.3 Å². The Labute approximate surface area is 151 Å². The molecular weight excluding hydrogens is 318 g/mol. The number of nitrogens with one attached hydrogen (secondary N) is 1. The molecule has 0 aliphatic carbocycles. The van der Waals surface area contributed by atoms with E-state index in [-0.39, 0.29) is 11.7 Å². The minimum absolute atomic E-state index is 0.0471. The highest BCUT2D eigenvalue weighted by Gasteiger charge is 2.32. The molecule has 0 aliphatic heterocycles. The van der Waals surface area contributed by atoms with Gasteiger partial charge in [0.05, 0.1) is 12.1 Å². The smallest absolute Gasteiger partial charge is 0.408 e. The number of hydrogen-bond acceptors (Lipinski definition) is 4. The molecule has 0 radical (unpaired) electrons. The van der Waals surface area contributed by atoms with Crippen LogP contribution in [-0.2, 0) is 20.9 Å². The standard InChI is InChI=1S/C20H31NO4/c1-15(13-24-14-16-10-8-7-9-11-16)12-17(22)20(5,6)21-18(23)25-19(2,3)4/h7-11,15H,12-14H2,1-6H3,(H,21,23). The Morgan fingerprint density at radius 3 is 2.24 bits per heavy atom. The molecular formula is C20H31NO4. The SMILES string of the molecule is CC(COCc1ccccc1)CC(=O)C(C)(C)NC(=O)OC(C)(C)C. The summed E-state index contributed by atoms with van der Waals surface area (Å²) in [5.41, 5.74) is -0.467. The number of ether oxygens (including phenoxy) is 2. The molecule has 1 atom stereocenters. The van der Waals surface area contributed by atoms with E-state index < -0.39 is 17.2 Å². The van der Waals surface area contributed by atoms with Gasteiger partial charge < -0.3 is 14.8 Å². The van der Waals surface area contributed by atoms with Crippen LogP contribution in [0, 0.1) is 5.92 Å². The zero-order chi connectivity index (χ0) is 19.1. The first-order valence-corrected chi connectivity index (χ1v) is 8.66. The van der Waals surface area contributed by atoms with Crippen molar-refractivity contribution in [2.75, 3.05) is 6.61 Å². The highest BCUT2D eigenvalue weighted by Crippen LogP contribution is 2.15. The van der Waals surface area contributed by atoms with Crippen LogP contribution in [0.2, 0.25) is 0 Å². The van der Waals surface area contributed by atoms with E-state index in [2.05, 4.69) is 5.32 Å². The minimum Gasteiger partial charge on any atom is -0.444 e. The lowest BCUT2D eigenvalue weighted by Gasteiger charge is -2.28. The maximum Gasteiger partial charge on any atom is 0.408 e. The number of carbonyl (C=O) groups is 2. The van der Waals surface area contributed by atoms with Gasteiger partial charge in [0.2, 0.25) is 0 Å². The van der Waals surface area contributed by atoms with E-state index in [1.807, 2.05) is 37.3 Å². The maximum atomic E-state index is 12.5. The van der Waals surface area contributed by atoms with Crippen LogP contribution >= 0.6 is 0 Å². The van der Waals surface area contributed by atoms with Gasteiger partial charge in [-0.15, -0.1) is 0 Å². The molecule has 1 rings (SSSR count). The second kappa shape index (κ2) is 8.99. The van der Waals surface area contributed by atoms with Gasteiger partial charge in [-0.3, -0.25) is 4.79 Å². The van der Waals surface area contributed by atoms with E-state index in [4.69, 9.17) is 9.47 Å². The molecule has 1 aromatic carbocycles. The average Bonchev–Trinajstić information content (AvgIpc) is 2.45. The van der Waals surface area contributed by atoms with E-state index in [1.165, 1.54) is 0 Å². The number of amides is 1. The minimum atomic E-state index is -0.976. The molecule has 5 nitrogen and oxygen atoms in total. The van der Waals surface area contributed by atoms with Crippen molar-refractivity contribution in [3.05, 3.63) is 35.9 Å². The van der Waals surface area contributed by atoms with Crippen LogP contribution in [0.5, 0.6) is 0 Å². The van der Waals surface area contributed by atoms with Crippen LogP contribution in [0.15, 0.2) is 30.3 Å². The third kappa shape index (κ3) is 8.68. The lowest BCUT2D eigenvalue weighted by Crippen LogP contribution is -2.51. The second-order valence-corrected chi connectivity index (χ2v) is 7.99. The topological polar surface area (TPSA) is 64.6 Å². The third-order valence-corrected chi connectivity index (χ3v) is 3.56. The van der Waals surface area contributed by atoms with Gasteiger partial charge in [0.1, 0.15) is 5.60 Å². The molecule has 0 fully saturated rings. The molecule has 0 aromatic heterocycles. The number of Topliss-reactive ketones (excluding diaryl/α,β-unsaturated/α-hetero) is 1. The van der Waals surface area contributed by atoms with Crippen LogP contribution in [0.25, 0.3) is 0 Å². The summed E-state index contributed by atoms with van der Waals surface area (Å²) in [6.45, 7) is 11.7. The first-order valence-electron chi connectivity index (χ1n) is 8.66. The van der Waals surface area contributed by atoms with Crippen molar-refractivity contribution in [3.8, 4) is 0 Å². The van der Waals surface area contributed by atoms with Gasteiger partial charge in [0.25, 0.3) is 0 Å². The van der Waals surface area contributed by atoms with E-state index in [1.54, 1.807) is 34.6 Å². The number of rotatable bonds is 8. The molecule has 1 aromatic rings. The van der Waals surface area contributed by atoms with Gasteiger partial charge in [-0.05, 0) is 46.1 Å². The van der Waals surface area contributed by atoms with Crippen molar-refractivity contribution in [2.45, 2.75) is 65.7 Å². The van der Waals surface area contributed by atoms with Gasteiger partial charge in [0, 0.05) is 13.0 Å². The zero-order valence-corrected chi connectivity index (χ0v) is 16.2. The van der Waals surface area contributed by atoms with Crippen LogP contribution in [0.3, 0.4) is 0 Å². The predicted octanol–water partition coefficient (Wildman–Crippen LogP) is 4.10. The van der Waals surface area contributed by atoms with Gasteiger partial charge >= 0.3 is 6.09 Å². The van der Waals surface area contributed by atoms with Gasteiger partial charge in [0.15, 0.2) is 5.78 Å². The Hall–Kier alpha value is -1.88. The van der Waals surface area contributed by atoms with Crippen molar-refractivity contribution >= 4 is 11.9 Å². The fraction of sp³-hybridized carbons (Fsp3) is 0.600. The van der Waals surface area contributed by atoms with E-state index in [0.29, 0.717) is 19.6 Å². The van der Waals surface area contributed by atoms with Crippen molar-refractivity contribution in [1.82, 2.24) is 5.32 Å². The molecule has 0 bridgehead atoms. The monoisotopic (exact) mass is 349 g/mol. The van der Waals surface area contributed by atoms with Gasteiger partial charge in [-0.25, -0.2) is 4.79 Å². The Morgan fingerprint density at radius 2 is 1.68 bits per heavy atom. The Bertz CT molecular complexity index is 561. The van der Waals surface area contributed by atoms with E-state index in [0.717, 1.165) is 5.56 Å². The molecule has 1 N–H and O–H groups in total. The number of carbonyl (C=O) groups excluding carboxylic acids is 2. The fourth-order valence-electron chi connectivity index (χ4n) is 2.21. The summed E-state index contributed by atoms with van der Waals surface area (Å²) >= 11 is 0. The lowest BCUT2D eigenvalue weighted by molar-refractivity contribution is -0.125. The van der Waals surface area contributed by atoms with Crippen molar-refractivity contribution in [2.24, 2.45) is 5.92 Å². The van der Waals surface area contributed by atoms with Crippen molar-refractivity contribution in [3.63, 3.8) is 0 Å². The van der Waals surface area contributed by atoms with E-state index in [9.17, 15) is 9.59 Å². The molecule has 25 heavy (non-hydrogen) atoms. The summed E-state index contributed by atoms with van der Waals surface area (Å²) in [6, 6.07) is 9.91.